The number of aryl methyl sites for hydroxylation is 2. The Balaban J connectivity index is 2.34. The summed E-state index contributed by atoms with van der Waals surface area (Å²) in [6.45, 7) is 6.31. The summed E-state index contributed by atoms with van der Waals surface area (Å²) in [6, 6.07) is 15.0. The minimum Gasteiger partial charge on any atom is -0.324 e. The Morgan fingerprint density at radius 3 is 2.39 bits per heavy atom. The molecule has 0 unspecified atom stereocenters. The van der Waals surface area contributed by atoms with Gasteiger partial charge in [-0.2, -0.15) is 0 Å². The zero-order valence-electron chi connectivity index (χ0n) is 11.1. The number of hydrogen-bond donors (Lipinski definition) is 1. The van der Waals surface area contributed by atoms with Crippen molar-refractivity contribution in [3.8, 4) is 0 Å². The summed E-state index contributed by atoms with van der Waals surface area (Å²) in [5, 5.41) is 0. The van der Waals surface area contributed by atoms with Crippen LogP contribution in [0.2, 0.25) is 0 Å². The summed E-state index contributed by atoms with van der Waals surface area (Å²) in [7, 11) is 0. The van der Waals surface area contributed by atoms with Crippen molar-refractivity contribution in [3.05, 3.63) is 59.2 Å². The van der Waals surface area contributed by atoms with Crippen LogP contribution in [0.5, 0.6) is 0 Å². The fraction of sp³-hybridized carbons (Fsp3) is 0.250. The van der Waals surface area contributed by atoms with Gasteiger partial charge in [-0.15, -0.1) is 0 Å². The largest absolute Gasteiger partial charge is 0.324 e. The Morgan fingerprint density at radius 2 is 1.72 bits per heavy atom. The third-order valence-corrected chi connectivity index (χ3v) is 4.23. The SMILES string of the molecule is Cc1ccc(Sc2ccccc2[C@H](C)N)c(C)c1. The van der Waals surface area contributed by atoms with Crippen molar-refractivity contribution >= 4 is 11.8 Å². The molecule has 0 amide bonds. The maximum Gasteiger partial charge on any atom is 0.0277 e. The Labute approximate surface area is 113 Å². The van der Waals surface area contributed by atoms with Crippen molar-refractivity contribution < 1.29 is 0 Å². The summed E-state index contributed by atoms with van der Waals surface area (Å²) in [5.74, 6) is 0. The molecule has 0 saturated heterocycles. The van der Waals surface area contributed by atoms with Crippen LogP contribution in [-0.4, -0.2) is 0 Å². The number of rotatable bonds is 3. The topological polar surface area (TPSA) is 26.0 Å². The van der Waals surface area contributed by atoms with Gasteiger partial charge in [0.05, 0.1) is 0 Å². The van der Waals surface area contributed by atoms with E-state index in [1.807, 2.05) is 13.0 Å². The molecule has 0 aliphatic carbocycles. The Kier molecular flexibility index (Phi) is 4.10. The molecule has 2 heteroatoms. The van der Waals surface area contributed by atoms with E-state index in [1.54, 1.807) is 11.8 Å². The van der Waals surface area contributed by atoms with Crippen LogP contribution >= 0.6 is 11.8 Å². The molecular formula is C16H19NS. The molecule has 0 fully saturated rings. The van der Waals surface area contributed by atoms with Crippen molar-refractivity contribution in [2.45, 2.75) is 36.6 Å². The molecule has 1 nitrogen and oxygen atoms in total. The van der Waals surface area contributed by atoms with Gasteiger partial charge in [0.15, 0.2) is 0 Å². The maximum atomic E-state index is 6.02. The molecular weight excluding hydrogens is 238 g/mol. The number of hydrogen-bond acceptors (Lipinski definition) is 2. The molecule has 0 radical (unpaired) electrons. The summed E-state index contributed by atoms with van der Waals surface area (Å²) < 4.78 is 0. The van der Waals surface area contributed by atoms with E-state index < -0.39 is 0 Å². The lowest BCUT2D eigenvalue weighted by Crippen LogP contribution is -2.06. The first-order valence-corrected chi connectivity index (χ1v) is 6.99. The fourth-order valence-corrected chi connectivity index (χ4v) is 3.09. The predicted octanol–water partition coefficient (Wildman–Crippen LogP) is 4.47. The quantitative estimate of drug-likeness (QED) is 0.877. The molecule has 0 bridgehead atoms. The summed E-state index contributed by atoms with van der Waals surface area (Å²) in [5.41, 5.74) is 9.85. The van der Waals surface area contributed by atoms with Gasteiger partial charge >= 0.3 is 0 Å². The lowest BCUT2D eigenvalue weighted by molar-refractivity contribution is 0.797. The van der Waals surface area contributed by atoms with Gasteiger partial charge in [0.2, 0.25) is 0 Å². The number of nitrogens with two attached hydrogens (primary N) is 1. The van der Waals surface area contributed by atoms with Gasteiger partial charge in [-0.05, 0) is 44.0 Å². The van der Waals surface area contributed by atoms with E-state index in [4.69, 9.17) is 5.73 Å². The third-order valence-electron chi connectivity index (χ3n) is 2.96. The van der Waals surface area contributed by atoms with E-state index in [9.17, 15) is 0 Å². The second-order valence-corrected chi connectivity index (χ2v) is 5.78. The zero-order valence-corrected chi connectivity index (χ0v) is 11.9. The molecule has 2 aromatic rings. The lowest BCUT2D eigenvalue weighted by Gasteiger charge is -2.13. The molecule has 0 saturated carbocycles. The highest BCUT2D eigenvalue weighted by molar-refractivity contribution is 7.99. The van der Waals surface area contributed by atoms with Crippen LogP contribution in [0.4, 0.5) is 0 Å². The highest BCUT2D eigenvalue weighted by Crippen LogP contribution is 2.34. The molecule has 0 aliphatic rings. The molecule has 2 N–H and O–H groups in total. The van der Waals surface area contributed by atoms with Crippen LogP contribution in [-0.2, 0) is 0 Å². The molecule has 0 aliphatic heterocycles. The average Bonchev–Trinajstić information content (AvgIpc) is 2.33. The predicted molar refractivity (Wildman–Crippen MR) is 79.1 cm³/mol. The van der Waals surface area contributed by atoms with Gasteiger partial charge in [0, 0.05) is 15.8 Å². The molecule has 94 valence electrons. The Hall–Kier alpha value is -1.25. The zero-order chi connectivity index (χ0) is 13.1. The van der Waals surface area contributed by atoms with Gasteiger partial charge in [-0.3, -0.25) is 0 Å². The van der Waals surface area contributed by atoms with E-state index >= 15 is 0 Å². The first-order chi connectivity index (χ1) is 8.58. The first-order valence-electron chi connectivity index (χ1n) is 6.17. The molecule has 2 rings (SSSR count). The van der Waals surface area contributed by atoms with E-state index in [2.05, 4.69) is 50.2 Å². The lowest BCUT2D eigenvalue weighted by atomic mass is 10.1. The second-order valence-electron chi connectivity index (χ2n) is 4.70. The summed E-state index contributed by atoms with van der Waals surface area (Å²) >= 11 is 1.80. The van der Waals surface area contributed by atoms with Crippen molar-refractivity contribution in [2.75, 3.05) is 0 Å². The van der Waals surface area contributed by atoms with Gasteiger partial charge < -0.3 is 5.73 Å². The van der Waals surface area contributed by atoms with Gasteiger partial charge in [-0.1, -0.05) is 47.7 Å². The average molecular weight is 257 g/mol. The Morgan fingerprint density at radius 1 is 1.00 bits per heavy atom. The standard InChI is InChI=1S/C16H19NS/c1-11-8-9-15(12(2)10-11)18-16-7-5-4-6-14(16)13(3)17/h4-10,13H,17H2,1-3H3/t13-/m0/s1. The minimum atomic E-state index is 0.0689. The molecule has 18 heavy (non-hydrogen) atoms. The molecule has 0 heterocycles. The normalized spacial score (nSPS) is 12.4. The maximum absolute atomic E-state index is 6.02. The van der Waals surface area contributed by atoms with Crippen molar-refractivity contribution in [2.24, 2.45) is 5.73 Å². The third kappa shape index (κ3) is 2.95. The summed E-state index contributed by atoms with van der Waals surface area (Å²) in [6.07, 6.45) is 0. The first kappa shape index (κ1) is 13.2. The van der Waals surface area contributed by atoms with Crippen molar-refractivity contribution in [1.29, 1.82) is 0 Å². The molecule has 0 aromatic heterocycles. The summed E-state index contributed by atoms with van der Waals surface area (Å²) in [4.78, 5) is 2.55. The Bertz CT molecular complexity index is 547. The van der Waals surface area contributed by atoms with Crippen LogP contribution in [0.15, 0.2) is 52.3 Å². The number of benzene rings is 2. The fourth-order valence-electron chi connectivity index (χ4n) is 1.98. The van der Waals surface area contributed by atoms with Gasteiger partial charge in [0.25, 0.3) is 0 Å². The van der Waals surface area contributed by atoms with Crippen molar-refractivity contribution in [1.82, 2.24) is 0 Å². The van der Waals surface area contributed by atoms with E-state index in [1.165, 1.54) is 26.5 Å². The van der Waals surface area contributed by atoms with Crippen molar-refractivity contribution in [3.63, 3.8) is 0 Å². The smallest absolute Gasteiger partial charge is 0.0277 e. The van der Waals surface area contributed by atoms with E-state index in [0.29, 0.717) is 0 Å². The van der Waals surface area contributed by atoms with E-state index in [-0.39, 0.29) is 6.04 Å². The molecule has 0 spiro atoms. The van der Waals surface area contributed by atoms with Crippen LogP contribution in [0.3, 0.4) is 0 Å². The van der Waals surface area contributed by atoms with Crippen LogP contribution in [0.25, 0.3) is 0 Å². The van der Waals surface area contributed by atoms with E-state index in [0.717, 1.165) is 0 Å². The monoisotopic (exact) mass is 257 g/mol. The van der Waals surface area contributed by atoms with Crippen LogP contribution < -0.4 is 5.73 Å². The highest BCUT2D eigenvalue weighted by Gasteiger charge is 2.08. The van der Waals surface area contributed by atoms with Crippen LogP contribution in [0, 0.1) is 13.8 Å². The van der Waals surface area contributed by atoms with Gasteiger partial charge in [-0.25, -0.2) is 0 Å². The highest BCUT2D eigenvalue weighted by atomic mass is 32.2. The minimum absolute atomic E-state index is 0.0689. The van der Waals surface area contributed by atoms with Crippen LogP contribution in [0.1, 0.15) is 29.7 Å². The molecule has 1 atom stereocenters. The second kappa shape index (κ2) is 5.59. The molecule has 2 aromatic carbocycles. The van der Waals surface area contributed by atoms with Gasteiger partial charge in [0.1, 0.15) is 0 Å².